The summed E-state index contributed by atoms with van der Waals surface area (Å²) in [4.78, 5) is 8.27. The van der Waals surface area contributed by atoms with Crippen LogP contribution in [0.15, 0.2) is 54.9 Å². The van der Waals surface area contributed by atoms with Crippen LogP contribution in [-0.4, -0.2) is 34.2 Å². The molecule has 2 aromatic heterocycles. The van der Waals surface area contributed by atoms with Crippen molar-refractivity contribution in [1.82, 2.24) is 19.3 Å². The first-order valence-electron chi connectivity index (χ1n) is 11.8. The Morgan fingerprint density at radius 2 is 2.00 bits per heavy atom. The number of aromatic nitrogens is 3. The van der Waals surface area contributed by atoms with E-state index in [1.54, 1.807) is 32.3 Å². The monoisotopic (exact) mass is 489 g/mol. The van der Waals surface area contributed by atoms with Crippen LogP contribution in [0.2, 0.25) is 0 Å². The lowest BCUT2D eigenvalue weighted by Gasteiger charge is -2.31. The summed E-state index contributed by atoms with van der Waals surface area (Å²) >= 11 is 0. The van der Waals surface area contributed by atoms with E-state index in [9.17, 15) is 13.7 Å². The summed E-state index contributed by atoms with van der Waals surface area (Å²) in [5.74, 6) is 0.606. The van der Waals surface area contributed by atoms with Crippen molar-refractivity contribution >= 4 is 26.5 Å². The average Bonchev–Trinajstić information content (AvgIpc) is 3.12. The summed E-state index contributed by atoms with van der Waals surface area (Å²) in [7, 11) is -3.37. The molecule has 1 fully saturated rings. The van der Waals surface area contributed by atoms with Gasteiger partial charge in [0.2, 0.25) is 10.0 Å². The minimum atomic E-state index is -3.37. The van der Waals surface area contributed by atoms with Crippen LogP contribution in [0.5, 0.6) is 11.8 Å². The Balaban J connectivity index is 1.54. The molecule has 1 aromatic carbocycles. The van der Waals surface area contributed by atoms with E-state index in [1.165, 1.54) is 0 Å². The van der Waals surface area contributed by atoms with Crippen molar-refractivity contribution in [3.05, 3.63) is 66.1 Å². The third-order valence-corrected chi connectivity index (χ3v) is 8.46. The van der Waals surface area contributed by atoms with E-state index in [0.29, 0.717) is 23.8 Å². The van der Waals surface area contributed by atoms with Gasteiger partial charge in [0.05, 0.1) is 22.0 Å². The van der Waals surface area contributed by atoms with Crippen molar-refractivity contribution < 1.29 is 13.2 Å². The molecule has 180 valence electrons. The van der Waals surface area contributed by atoms with Gasteiger partial charge in [0.15, 0.2) is 0 Å². The second kappa shape index (κ2) is 9.29. The molecule has 9 heteroatoms. The van der Waals surface area contributed by atoms with Crippen LogP contribution in [-0.2, 0) is 10.0 Å². The van der Waals surface area contributed by atoms with Gasteiger partial charge < -0.3 is 9.30 Å². The van der Waals surface area contributed by atoms with E-state index in [0.717, 1.165) is 41.4 Å². The molecule has 3 aromatic rings. The third kappa shape index (κ3) is 4.47. The topological polar surface area (TPSA) is 110 Å². The Morgan fingerprint density at radius 3 is 2.60 bits per heavy atom. The molecule has 2 aliphatic rings. The number of benzene rings is 1. The van der Waals surface area contributed by atoms with Gasteiger partial charge in [0.25, 0.3) is 0 Å². The van der Waals surface area contributed by atoms with Gasteiger partial charge in [-0.05, 0) is 63.3 Å². The predicted molar refractivity (Wildman–Crippen MR) is 134 cm³/mol. The zero-order valence-corrected chi connectivity index (χ0v) is 20.5. The quantitative estimate of drug-likeness (QED) is 0.507. The smallest absolute Gasteiger partial charge is 0.321 e. The van der Waals surface area contributed by atoms with Crippen LogP contribution in [0.3, 0.4) is 0 Å². The molecule has 0 amide bonds. The maximum absolute atomic E-state index is 12.3. The number of nitriles is 1. The van der Waals surface area contributed by atoms with E-state index < -0.39 is 15.3 Å². The fraction of sp³-hybridized carbons (Fsp3) is 0.346. The first-order valence-corrected chi connectivity index (χ1v) is 13.3. The number of hydrogen-bond donors (Lipinski definition) is 1. The maximum Gasteiger partial charge on any atom is 0.321 e. The lowest BCUT2D eigenvalue weighted by Crippen LogP contribution is -2.38. The van der Waals surface area contributed by atoms with Gasteiger partial charge in [-0.3, -0.25) is 0 Å². The molecule has 2 heterocycles. The van der Waals surface area contributed by atoms with Gasteiger partial charge >= 0.3 is 6.01 Å². The standard InChI is InChI=1S/C26H27N5O3S/c1-17(2)35(32,33)30-19-9-7-18(8-10-19)25-23(16-27)22-12-11-21(34-26-28-13-4-14-29-26)15-24(22)31(25)20-5-3-6-20/h4,7-9,11-15,17,19-20,30H,3,5-6,10H2,1-2H3. The highest BCUT2D eigenvalue weighted by Crippen LogP contribution is 2.42. The predicted octanol–water partition coefficient (Wildman–Crippen LogP) is 4.86. The van der Waals surface area contributed by atoms with E-state index in [2.05, 4.69) is 25.3 Å². The van der Waals surface area contributed by atoms with Gasteiger partial charge in [-0.15, -0.1) is 0 Å². The molecule has 0 radical (unpaired) electrons. The summed E-state index contributed by atoms with van der Waals surface area (Å²) < 4.78 is 35.5. The number of ether oxygens (including phenoxy) is 1. The van der Waals surface area contributed by atoms with Crippen LogP contribution in [0.1, 0.15) is 56.8 Å². The Bertz CT molecular complexity index is 1460. The van der Waals surface area contributed by atoms with Crippen molar-refractivity contribution in [2.75, 3.05) is 0 Å². The molecule has 1 saturated carbocycles. The summed E-state index contributed by atoms with van der Waals surface area (Å²) in [6.45, 7) is 3.32. The minimum Gasteiger partial charge on any atom is -0.424 e. The van der Waals surface area contributed by atoms with Gasteiger partial charge in [0, 0.05) is 35.9 Å². The van der Waals surface area contributed by atoms with Crippen LogP contribution in [0.25, 0.3) is 16.5 Å². The summed E-state index contributed by atoms with van der Waals surface area (Å²) in [6.07, 6.45) is 12.8. The van der Waals surface area contributed by atoms with Crippen LogP contribution in [0.4, 0.5) is 0 Å². The number of allylic oxidation sites excluding steroid dienone is 2. The fourth-order valence-corrected chi connectivity index (χ4v) is 5.32. The molecule has 2 aliphatic carbocycles. The first kappa shape index (κ1) is 23.3. The zero-order chi connectivity index (χ0) is 24.6. The van der Waals surface area contributed by atoms with E-state index in [4.69, 9.17) is 4.74 Å². The van der Waals surface area contributed by atoms with Gasteiger partial charge in [-0.25, -0.2) is 23.1 Å². The van der Waals surface area contributed by atoms with Crippen molar-refractivity contribution in [3.63, 3.8) is 0 Å². The zero-order valence-electron chi connectivity index (χ0n) is 19.7. The summed E-state index contributed by atoms with van der Waals surface area (Å²) in [6, 6.07) is 10.1. The highest BCUT2D eigenvalue weighted by atomic mass is 32.2. The number of rotatable bonds is 7. The second-order valence-electron chi connectivity index (χ2n) is 9.17. The number of sulfonamides is 1. The first-order chi connectivity index (χ1) is 16.9. The summed E-state index contributed by atoms with van der Waals surface area (Å²) in [5, 5.41) is 10.5. The fourth-order valence-electron chi connectivity index (χ4n) is 4.45. The largest absolute Gasteiger partial charge is 0.424 e. The Labute approximate surface area is 205 Å². The third-order valence-electron chi connectivity index (χ3n) is 6.59. The molecule has 0 spiro atoms. The number of nitrogens with zero attached hydrogens (tertiary/aromatic N) is 4. The van der Waals surface area contributed by atoms with E-state index in [-0.39, 0.29) is 12.1 Å². The molecular formula is C26H27N5O3S. The molecule has 1 unspecified atom stereocenters. The Kier molecular flexibility index (Phi) is 6.17. The van der Waals surface area contributed by atoms with Crippen molar-refractivity contribution in [2.24, 2.45) is 0 Å². The summed E-state index contributed by atoms with van der Waals surface area (Å²) in [5.41, 5.74) is 3.36. The van der Waals surface area contributed by atoms with Crippen molar-refractivity contribution in [1.29, 1.82) is 5.26 Å². The van der Waals surface area contributed by atoms with Crippen molar-refractivity contribution in [3.8, 4) is 17.8 Å². The van der Waals surface area contributed by atoms with Crippen molar-refractivity contribution in [2.45, 2.75) is 56.9 Å². The highest BCUT2D eigenvalue weighted by Gasteiger charge is 2.29. The number of nitrogens with one attached hydrogen (secondary N) is 1. The molecule has 0 saturated heterocycles. The van der Waals surface area contributed by atoms with Crippen LogP contribution in [0, 0.1) is 11.3 Å². The number of fused-ring (bicyclic) bond motifs is 1. The van der Waals surface area contributed by atoms with Gasteiger partial charge in [-0.1, -0.05) is 18.2 Å². The minimum absolute atomic E-state index is 0.266. The lowest BCUT2D eigenvalue weighted by molar-refractivity contribution is 0.320. The van der Waals surface area contributed by atoms with Gasteiger partial charge in [-0.2, -0.15) is 5.26 Å². The highest BCUT2D eigenvalue weighted by molar-refractivity contribution is 7.90. The molecule has 5 rings (SSSR count). The normalized spacial score (nSPS) is 18.3. The molecule has 1 atom stereocenters. The lowest BCUT2D eigenvalue weighted by atomic mass is 9.91. The molecule has 1 N–H and O–H groups in total. The maximum atomic E-state index is 12.3. The molecule has 0 bridgehead atoms. The second-order valence-corrected chi connectivity index (χ2v) is 11.4. The van der Waals surface area contributed by atoms with Gasteiger partial charge in [0.1, 0.15) is 11.8 Å². The molecule has 0 aliphatic heterocycles. The van der Waals surface area contributed by atoms with Crippen LogP contribution < -0.4 is 9.46 Å². The van der Waals surface area contributed by atoms with Crippen LogP contribution >= 0.6 is 0 Å². The molecular weight excluding hydrogens is 462 g/mol. The number of hydrogen-bond acceptors (Lipinski definition) is 6. The average molecular weight is 490 g/mol. The van der Waals surface area contributed by atoms with E-state index in [1.807, 2.05) is 36.4 Å². The Morgan fingerprint density at radius 1 is 1.23 bits per heavy atom. The Hall–Kier alpha value is -3.48. The SMILES string of the molecule is CC(C)S(=O)(=O)NC1C=CC(c2c(C#N)c3ccc(Oc4ncccn4)cc3n2C2CCC2)=CC1. The molecule has 35 heavy (non-hydrogen) atoms. The van der Waals surface area contributed by atoms with E-state index >= 15 is 0 Å². The molecule has 8 nitrogen and oxygen atoms in total.